The third-order valence-electron chi connectivity index (χ3n) is 2.99. The molecule has 3 nitrogen and oxygen atoms in total. The van der Waals surface area contributed by atoms with Crippen LogP contribution in [0.1, 0.15) is 39.2 Å². The van der Waals surface area contributed by atoms with Crippen LogP contribution in [0, 0.1) is 5.92 Å². The lowest BCUT2D eigenvalue weighted by molar-refractivity contribution is 0.228. The van der Waals surface area contributed by atoms with Crippen molar-refractivity contribution in [2.24, 2.45) is 5.92 Å². The van der Waals surface area contributed by atoms with Crippen LogP contribution >= 0.6 is 0 Å². The van der Waals surface area contributed by atoms with Crippen LogP contribution in [0.3, 0.4) is 0 Å². The fourth-order valence-corrected chi connectivity index (χ4v) is 1.86. The third-order valence-corrected chi connectivity index (χ3v) is 2.99. The summed E-state index contributed by atoms with van der Waals surface area (Å²) in [5, 5.41) is 12.3. The van der Waals surface area contributed by atoms with Gasteiger partial charge in [0.15, 0.2) is 0 Å². The number of hydrogen-bond acceptors (Lipinski definition) is 3. The first-order valence-electron chi connectivity index (χ1n) is 7.19. The van der Waals surface area contributed by atoms with Crippen LogP contribution in [0.5, 0.6) is 5.75 Å². The highest BCUT2D eigenvalue weighted by atomic mass is 16.5. The minimum Gasteiger partial charge on any atom is -0.491 e. The molecule has 108 valence electrons. The summed E-state index contributed by atoms with van der Waals surface area (Å²) in [6.45, 7) is 8.31. The molecule has 0 spiro atoms. The van der Waals surface area contributed by atoms with Gasteiger partial charge in [-0.05, 0) is 56.8 Å². The van der Waals surface area contributed by atoms with E-state index in [4.69, 9.17) is 9.84 Å². The summed E-state index contributed by atoms with van der Waals surface area (Å²) in [6.07, 6.45) is 2.40. The molecule has 19 heavy (non-hydrogen) atoms. The van der Waals surface area contributed by atoms with E-state index in [2.05, 4.69) is 24.4 Å². The van der Waals surface area contributed by atoms with Crippen molar-refractivity contribution in [3.05, 3.63) is 29.8 Å². The first-order valence-corrected chi connectivity index (χ1v) is 7.19. The Morgan fingerprint density at radius 1 is 1.16 bits per heavy atom. The molecule has 0 bridgehead atoms. The summed E-state index contributed by atoms with van der Waals surface area (Å²) < 4.78 is 5.61. The van der Waals surface area contributed by atoms with E-state index in [1.807, 2.05) is 26.0 Å². The average molecular weight is 265 g/mol. The lowest BCUT2D eigenvalue weighted by Gasteiger charge is -2.11. The number of aliphatic hydroxyl groups is 1. The maximum Gasteiger partial charge on any atom is 0.119 e. The van der Waals surface area contributed by atoms with Crippen molar-refractivity contribution >= 4 is 0 Å². The van der Waals surface area contributed by atoms with E-state index in [9.17, 15) is 0 Å². The van der Waals surface area contributed by atoms with Crippen LogP contribution in [0.25, 0.3) is 0 Å². The molecule has 0 heterocycles. The van der Waals surface area contributed by atoms with Crippen molar-refractivity contribution in [3.8, 4) is 5.75 Å². The molecule has 0 amide bonds. The zero-order valence-electron chi connectivity index (χ0n) is 12.4. The number of benzene rings is 1. The van der Waals surface area contributed by atoms with Crippen LogP contribution in [0.4, 0.5) is 0 Å². The Kier molecular flexibility index (Phi) is 7.53. The Morgan fingerprint density at radius 2 is 1.84 bits per heavy atom. The first-order chi connectivity index (χ1) is 9.11. The Hall–Kier alpha value is -1.06. The Labute approximate surface area is 117 Å². The summed E-state index contributed by atoms with van der Waals surface area (Å²) in [7, 11) is 0. The smallest absolute Gasteiger partial charge is 0.119 e. The second kappa shape index (κ2) is 8.94. The molecule has 0 saturated heterocycles. The molecule has 0 saturated carbocycles. The fraction of sp³-hybridized carbons (Fsp3) is 0.625. The molecule has 0 aliphatic heterocycles. The van der Waals surface area contributed by atoms with E-state index in [1.165, 1.54) is 5.56 Å². The average Bonchev–Trinajstić information content (AvgIpc) is 2.39. The zero-order valence-corrected chi connectivity index (χ0v) is 12.4. The standard InChI is InChI=1S/C16H27NO2/c1-13(2)19-16-8-6-15(7-9-16)11-17-10-4-5-14(3)12-18/h6-9,13-14,17-18H,4-5,10-12H2,1-3H3. The third kappa shape index (κ3) is 7.19. The van der Waals surface area contributed by atoms with E-state index in [1.54, 1.807) is 0 Å². The molecule has 1 rings (SSSR count). The van der Waals surface area contributed by atoms with Crippen molar-refractivity contribution in [2.45, 2.75) is 46.3 Å². The van der Waals surface area contributed by atoms with Crippen molar-refractivity contribution in [1.29, 1.82) is 0 Å². The lowest BCUT2D eigenvalue weighted by Crippen LogP contribution is -2.16. The predicted octanol–water partition coefficient (Wildman–Crippen LogP) is 2.97. The van der Waals surface area contributed by atoms with Gasteiger partial charge in [-0.3, -0.25) is 0 Å². The van der Waals surface area contributed by atoms with Crippen molar-refractivity contribution in [2.75, 3.05) is 13.2 Å². The van der Waals surface area contributed by atoms with Gasteiger partial charge in [-0.2, -0.15) is 0 Å². The molecule has 0 aromatic heterocycles. The Balaban J connectivity index is 2.19. The minimum atomic E-state index is 0.220. The summed E-state index contributed by atoms with van der Waals surface area (Å²) >= 11 is 0. The Bertz CT molecular complexity index is 335. The van der Waals surface area contributed by atoms with Gasteiger partial charge in [0.1, 0.15) is 5.75 Å². The molecule has 1 aromatic rings. The number of nitrogens with one attached hydrogen (secondary N) is 1. The number of rotatable bonds is 9. The monoisotopic (exact) mass is 265 g/mol. The van der Waals surface area contributed by atoms with Gasteiger partial charge in [0.25, 0.3) is 0 Å². The van der Waals surface area contributed by atoms with Crippen molar-refractivity contribution in [3.63, 3.8) is 0 Å². The summed E-state index contributed by atoms with van der Waals surface area (Å²) in [5.74, 6) is 1.34. The SMILES string of the molecule is CC(CO)CCCNCc1ccc(OC(C)C)cc1. The number of hydrogen-bond donors (Lipinski definition) is 2. The van der Waals surface area contributed by atoms with Gasteiger partial charge >= 0.3 is 0 Å². The highest BCUT2D eigenvalue weighted by Crippen LogP contribution is 2.13. The van der Waals surface area contributed by atoms with Gasteiger partial charge in [-0.15, -0.1) is 0 Å². The maximum absolute atomic E-state index is 8.93. The second-order valence-corrected chi connectivity index (χ2v) is 5.42. The predicted molar refractivity (Wildman–Crippen MR) is 79.4 cm³/mol. The zero-order chi connectivity index (χ0) is 14.1. The number of aliphatic hydroxyl groups excluding tert-OH is 1. The van der Waals surface area contributed by atoms with Crippen molar-refractivity contribution in [1.82, 2.24) is 5.32 Å². The normalized spacial score (nSPS) is 12.7. The molecule has 0 aliphatic carbocycles. The molecule has 0 aliphatic rings. The summed E-state index contributed by atoms with van der Waals surface area (Å²) in [4.78, 5) is 0. The van der Waals surface area contributed by atoms with E-state index in [0.29, 0.717) is 5.92 Å². The molecule has 1 aromatic carbocycles. The van der Waals surface area contributed by atoms with Gasteiger partial charge in [-0.1, -0.05) is 19.1 Å². The molecular formula is C16H27NO2. The summed E-state index contributed by atoms with van der Waals surface area (Å²) in [6, 6.07) is 8.23. The van der Waals surface area contributed by atoms with Crippen LogP contribution in [0.2, 0.25) is 0 Å². The molecule has 1 atom stereocenters. The molecule has 0 radical (unpaired) electrons. The highest BCUT2D eigenvalue weighted by molar-refractivity contribution is 5.27. The van der Waals surface area contributed by atoms with Crippen LogP contribution < -0.4 is 10.1 Å². The van der Waals surface area contributed by atoms with E-state index in [0.717, 1.165) is 31.7 Å². The van der Waals surface area contributed by atoms with Gasteiger partial charge in [0, 0.05) is 13.2 Å². The van der Waals surface area contributed by atoms with Crippen LogP contribution in [-0.4, -0.2) is 24.4 Å². The topological polar surface area (TPSA) is 41.5 Å². The van der Waals surface area contributed by atoms with Gasteiger partial charge in [0.05, 0.1) is 6.10 Å². The Morgan fingerprint density at radius 3 is 2.42 bits per heavy atom. The highest BCUT2D eigenvalue weighted by Gasteiger charge is 2.00. The lowest BCUT2D eigenvalue weighted by atomic mass is 10.1. The molecule has 2 N–H and O–H groups in total. The first kappa shape index (κ1) is 16.0. The molecule has 0 fully saturated rings. The molecule has 1 unspecified atom stereocenters. The fourth-order valence-electron chi connectivity index (χ4n) is 1.86. The van der Waals surface area contributed by atoms with Crippen molar-refractivity contribution < 1.29 is 9.84 Å². The van der Waals surface area contributed by atoms with E-state index < -0.39 is 0 Å². The molecule has 3 heteroatoms. The molecular weight excluding hydrogens is 238 g/mol. The van der Waals surface area contributed by atoms with E-state index >= 15 is 0 Å². The summed E-state index contributed by atoms with van der Waals surface area (Å²) in [5.41, 5.74) is 1.27. The van der Waals surface area contributed by atoms with E-state index in [-0.39, 0.29) is 12.7 Å². The van der Waals surface area contributed by atoms with Gasteiger partial charge in [0.2, 0.25) is 0 Å². The van der Waals surface area contributed by atoms with Crippen LogP contribution in [-0.2, 0) is 6.54 Å². The van der Waals surface area contributed by atoms with Gasteiger partial charge < -0.3 is 15.2 Å². The van der Waals surface area contributed by atoms with Crippen LogP contribution in [0.15, 0.2) is 24.3 Å². The van der Waals surface area contributed by atoms with Gasteiger partial charge in [-0.25, -0.2) is 0 Å². The maximum atomic E-state index is 8.93. The number of ether oxygens (including phenoxy) is 1. The minimum absolute atomic E-state index is 0.220. The largest absolute Gasteiger partial charge is 0.491 e. The second-order valence-electron chi connectivity index (χ2n) is 5.42. The quantitative estimate of drug-likeness (QED) is 0.674.